The van der Waals surface area contributed by atoms with E-state index < -0.39 is 24.7 Å². The lowest BCUT2D eigenvalue weighted by Crippen LogP contribution is -2.51. The molecule has 23 heavy (non-hydrogen) atoms. The van der Waals surface area contributed by atoms with Gasteiger partial charge in [0, 0.05) is 17.9 Å². The molecular formula is C13H14F3N5O2. The Kier molecular flexibility index (Phi) is 3.71. The Morgan fingerprint density at radius 1 is 1.35 bits per heavy atom. The molecule has 0 N–H and O–H groups in total. The molecule has 1 aliphatic rings. The molecule has 0 aliphatic carbocycles. The van der Waals surface area contributed by atoms with Crippen LogP contribution in [0.1, 0.15) is 22.0 Å². The molecule has 0 radical (unpaired) electrons. The van der Waals surface area contributed by atoms with Crippen LogP contribution in [-0.2, 0) is 4.74 Å². The van der Waals surface area contributed by atoms with Gasteiger partial charge in [0.1, 0.15) is 0 Å². The van der Waals surface area contributed by atoms with Crippen molar-refractivity contribution in [3.05, 3.63) is 23.3 Å². The van der Waals surface area contributed by atoms with Crippen LogP contribution >= 0.6 is 0 Å². The smallest absolute Gasteiger partial charge is 0.365 e. The molecule has 1 aliphatic heterocycles. The average Bonchev–Trinajstić information content (AvgIpc) is 2.90. The molecule has 3 heterocycles. The number of halogens is 3. The summed E-state index contributed by atoms with van der Waals surface area (Å²) in [6, 6.07) is 1.77. The predicted molar refractivity (Wildman–Crippen MR) is 72.0 cm³/mol. The zero-order valence-electron chi connectivity index (χ0n) is 12.5. The third-order valence-corrected chi connectivity index (χ3v) is 3.53. The van der Waals surface area contributed by atoms with Gasteiger partial charge in [-0.25, -0.2) is 9.50 Å². The quantitative estimate of drug-likeness (QED) is 0.785. The molecule has 0 aromatic carbocycles. The van der Waals surface area contributed by atoms with Gasteiger partial charge in [-0.3, -0.25) is 4.79 Å². The first-order valence-electron chi connectivity index (χ1n) is 6.94. The number of morpholine rings is 1. The number of nitrogens with zero attached hydrogens (tertiary/aromatic N) is 5. The first-order chi connectivity index (χ1) is 10.8. The van der Waals surface area contributed by atoms with Crippen LogP contribution in [0.5, 0.6) is 0 Å². The Morgan fingerprint density at radius 2 is 2.09 bits per heavy atom. The lowest BCUT2D eigenvalue weighted by atomic mass is 10.2. The minimum atomic E-state index is -4.51. The number of fused-ring (bicyclic) bond motifs is 1. The number of aryl methyl sites for hydroxylation is 2. The summed E-state index contributed by atoms with van der Waals surface area (Å²) < 4.78 is 44.3. The van der Waals surface area contributed by atoms with Gasteiger partial charge >= 0.3 is 6.18 Å². The maximum atomic E-state index is 12.7. The van der Waals surface area contributed by atoms with Crippen LogP contribution in [0.2, 0.25) is 0 Å². The van der Waals surface area contributed by atoms with Crippen molar-refractivity contribution in [3.8, 4) is 0 Å². The van der Waals surface area contributed by atoms with Crippen molar-refractivity contribution in [2.75, 3.05) is 19.7 Å². The minimum Gasteiger partial charge on any atom is -0.365 e. The van der Waals surface area contributed by atoms with E-state index in [2.05, 4.69) is 19.8 Å². The number of hydrogen-bond acceptors (Lipinski definition) is 5. The van der Waals surface area contributed by atoms with Gasteiger partial charge in [-0.2, -0.15) is 18.2 Å². The highest BCUT2D eigenvalue weighted by molar-refractivity contribution is 5.91. The number of alkyl halides is 3. The Balaban J connectivity index is 1.87. The van der Waals surface area contributed by atoms with Crippen molar-refractivity contribution in [3.63, 3.8) is 0 Å². The van der Waals surface area contributed by atoms with Crippen LogP contribution in [0.4, 0.5) is 13.2 Å². The molecule has 2 aromatic heterocycles. The topological polar surface area (TPSA) is 72.6 Å². The fraction of sp³-hybridized carbons (Fsp3) is 0.538. The summed E-state index contributed by atoms with van der Waals surface area (Å²) in [6.45, 7) is 2.87. The molecule has 0 bridgehead atoms. The number of carbonyl (C=O) groups excluding carboxylic acids is 1. The monoisotopic (exact) mass is 329 g/mol. The third kappa shape index (κ3) is 2.98. The summed E-state index contributed by atoms with van der Waals surface area (Å²) in [5.41, 5.74) is 1.44. The average molecular weight is 329 g/mol. The molecule has 1 fully saturated rings. The van der Waals surface area contributed by atoms with Crippen molar-refractivity contribution >= 4 is 11.7 Å². The number of aromatic nitrogens is 4. The third-order valence-electron chi connectivity index (χ3n) is 3.53. The van der Waals surface area contributed by atoms with Gasteiger partial charge in [0.05, 0.1) is 13.2 Å². The molecule has 1 atom stereocenters. The Morgan fingerprint density at radius 3 is 2.78 bits per heavy atom. The summed E-state index contributed by atoms with van der Waals surface area (Å²) in [6.07, 6.45) is -6.50. The van der Waals surface area contributed by atoms with Crippen molar-refractivity contribution in [2.24, 2.45) is 0 Å². The van der Waals surface area contributed by atoms with Gasteiger partial charge in [0.2, 0.25) is 5.82 Å². The maximum absolute atomic E-state index is 12.7. The van der Waals surface area contributed by atoms with Crippen LogP contribution in [0.15, 0.2) is 6.07 Å². The standard InChI is InChI=1S/C13H14F3N5O2/c1-7-5-8(2)21-12(17-7)18-10(19-21)11(22)20-3-4-23-9(6-20)13(14,15)16/h5,9H,3-4,6H2,1-2H3. The van der Waals surface area contributed by atoms with Gasteiger partial charge in [0.15, 0.2) is 6.10 Å². The van der Waals surface area contributed by atoms with Gasteiger partial charge < -0.3 is 9.64 Å². The molecule has 2 aromatic rings. The Labute approximate surface area is 129 Å². The lowest BCUT2D eigenvalue weighted by molar-refractivity contribution is -0.233. The summed E-state index contributed by atoms with van der Waals surface area (Å²) in [5.74, 6) is -0.592. The van der Waals surface area contributed by atoms with E-state index in [9.17, 15) is 18.0 Å². The molecule has 7 nitrogen and oxygen atoms in total. The lowest BCUT2D eigenvalue weighted by Gasteiger charge is -2.33. The second-order valence-electron chi connectivity index (χ2n) is 5.34. The SMILES string of the molecule is Cc1cc(C)n2nc(C(=O)N3CCOC(C(F)(F)F)C3)nc2n1. The number of amides is 1. The molecule has 1 amide bonds. The van der Waals surface area contributed by atoms with E-state index in [4.69, 9.17) is 0 Å². The molecule has 1 saturated heterocycles. The van der Waals surface area contributed by atoms with E-state index in [0.29, 0.717) is 5.69 Å². The van der Waals surface area contributed by atoms with Crippen LogP contribution in [-0.4, -0.2) is 62.4 Å². The van der Waals surface area contributed by atoms with E-state index in [1.807, 2.05) is 0 Å². The van der Waals surface area contributed by atoms with Crippen molar-refractivity contribution in [1.29, 1.82) is 0 Å². The van der Waals surface area contributed by atoms with Crippen molar-refractivity contribution < 1.29 is 22.7 Å². The minimum absolute atomic E-state index is 0.0619. The Hall–Kier alpha value is -2.23. The zero-order chi connectivity index (χ0) is 16.8. The van der Waals surface area contributed by atoms with Crippen molar-refractivity contribution in [1.82, 2.24) is 24.5 Å². The van der Waals surface area contributed by atoms with Gasteiger partial charge in [-0.05, 0) is 19.9 Å². The van der Waals surface area contributed by atoms with Gasteiger partial charge in [0.25, 0.3) is 11.7 Å². The Bertz CT molecular complexity index is 758. The zero-order valence-corrected chi connectivity index (χ0v) is 12.5. The molecule has 3 rings (SSSR count). The number of hydrogen-bond donors (Lipinski definition) is 0. The summed E-state index contributed by atoms with van der Waals surface area (Å²) >= 11 is 0. The fourth-order valence-corrected chi connectivity index (χ4v) is 2.43. The fourth-order valence-electron chi connectivity index (χ4n) is 2.43. The molecule has 0 spiro atoms. The summed E-state index contributed by atoms with van der Waals surface area (Å²) in [5, 5.41) is 4.05. The molecule has 10 heteroatoms. The van der Waals surface area contributed by atoms with Gasteiger partial charge in [-0.15, -0.1) is 5.10 Å². The first kappa shape index (κ1) is 15.7. The van der Waals surface area contributed by atoms with E-state index in [1.54, 1.807) is 19.9 Å². The van der Waals surface area contributed by atoms with Crippen LogP contribution in [0, 0.1) is 13.8 Å². The molecule has 0 saturated carbocycles. The summed E-state index contributed by atoms with van der Waals surface area (Å²) in [4.78, 5) is 21.6. The normalized spacial score (nSPS) is 19.3. The second kappa shape index (κ2) is 5.44. The molecular weight excluding hydrogens is 315 g/mol. The van der Waals surface area contributed by atoms with Crippen LogP contribution in [0.25, 0.3) is 5.78 Å². The largest absolute Gasteiger partial charge is 0.416 e. The molecule has 1 unspecified atom stereocenters. The highest BCUT2D eigenvalue weighted by Crippen LogP contribution is 2.26. The number of carbonyl (C=O) groups is 1. The van der Waals surface area contributed by atoms with Crippen molar-refractivity contribution in [2.45, 2.75) is 26.1 Å². The van der Waals surface area contributed by atoms with E-state index >= 15 is 0 Å². The van der Waals surface area contributed by atoms with Crippen LogP contribution < -0.4 is 0 Å². The van der Waals surface area contributed by atoms with E-state index in [-0.39, 0.29) is 24.8 Å². The first-order valence-corrected chi connectivity index (χ1v) is 6.94. The van der Waals surface area contributed by atoms with E-state index in [0.717, 1.165) is 10.6 Å². The van der Waals surface area contributed by atoms with Crippen LogP contribution in [0.3, 0.4) is 0 Å². The molecule has 124 valence electrons. The highest BCUT2D eigenvalue weighted by Gasteiger charge is 2.44. The predicted octanol–water partition coefficient (Wildman–Crippen LogP) is 1.14. The highest BCUT2D eigenvalue weighted by atomic mass is 19.4. The van der Waals surface area contributed by atoms with E-state index in [1.165, 1.54) is 4.52 Å². The number of ether oxygens (including phenoxy) is 1. The second-order valence-corrected chi connectivity index (χ2v) is 5.34. The summed E-state index contributed by atoms with van der Waals surface area (Å²) in [7, 11) is 0. The van der Waals surface area contributed by atoms with Gasteiger partial charge in [-0.1, -0.05) is 0 Å². The number of rotatable bonds is 1. The maximum Gasteiger partial charge on any atom is 0.416 e.